The van der Waals surface area contributed by atoms with Crippen molar-refractivity contribution in [3.8, 4) is 6.07 Å². The molecule has 0 aliphatic heterocycles. The van der Waals surface area contributed by atoms with Gasteiger partial charge in [0.15, 0.2) is 0 Å². The molecule has 5 heteroatoms. The molecule has 1 heterocycles. The third kappa shape index (κ3) is 3.96. The van der Waals surface area contributed by atoms with Crippen molar-refractivity contribution in [3.05, 3.63) is 58.9 Å². The van der Waals surface area contributed by atoms with Crippen LogP contribution in [0.5, 0.6) is 0 Å². The molecule has 5 nitrogen and oxygen atoms in total. The molecule has 0 aliphatic rings. The summed E-state index contributed by atoms with van der Waals surface area (Å²) in [5.74, 6) is -0.126. The Hall–Kier alpha value is -2.58. The van der Waals surface area contributed by atoms with E-state index in [2.05, 4.69) is 22.0 Å². The SMILES string of the molecule is CN(C)Cc1ccc(CN(C)C(=O)c2cc(C#N)c[nH]2)cc1. The molecule has 0 aliphatic carbocycles. The van der Waals surface area contributed by atoms with Gasteiger partial charge in [-0.25, -0.2) is 0 Å². The number of hydrogen-bond donors (Lipinski definition) is 1. The number of amides is 1. The van der Waals surface area contributed by atoms with Gasteiger partial charge in [-0.05, 0) is 31.3 Å². The molecule has 0 unspecified atom stereocenters. The summed E-state index contributed by atoms with van der Waals surface area (Å²) in [6.07, 6.45) is 1.54. The number of carbonyl (C=O) groups excluding carboxylic acids is 1. The molecule has 2 rings (SSSR count). The zero-order valence-corrected chi connectivity index (χ0v) is 13.1. The van der Waals surface area contributed by atoms with Crippen molar-refractivity contribution < 1.29 is 4.79 Å². The third-order valence-electron chi connectivity index (χ3n) is 3.33. The summed E-state index contributed by atoms with van der Waals surface area (Å²) in [7, 11) is 5.82. The lowest BCUT2D eigenvalue weighted by Gasteiger charge is -2.17. The van der Waals surface area contributed by atoms with Crippen molar-refractivity contribution in [3.63, 3.8) is 0 Å². The number of nitriles is 1. The highest BCUT2D eigenvalue weighted by atomic mass is 16.2. The Morgan fingerprint density at radius 3 is 2.23 bits per heavy atom. The Morgan fingerprint density at radius 2 is 1.73 bits per heavy atom. The Kier molecular flexibility index (Phi) is 4.97. The molecule has 0 atom stereocenters. The van der Waals surface area contributed by atoms with Gasteiger partial charge in [-0.1, -0.05) is 24.3 Å². The van der Waals surface area contributed by atoms with Crippen LogP contribution in [0.2, 0.25) is 0 Å². The quantitative estimate of drug-likeness (QED) is 0.920. The number of carbonyl (C=O) groups is 1. The molecule has 0 saturated heterocycles. The predicted molar refractivity (Wildman–Crippen MR) is 85.1 cm³/mol. The van der Waals surface area contributed by atoms with E-state index >= 15 is 0 Å². The van der Waals surface area contributed by atoms with Gasteiger partial charge in [0.1, 0.15) is 11.8 Å². The van der Waals surface area contributed by atoms with Crippen LogP contribution in [0.4, 0.5) is 0 Å². The van der Waals surface area contributed by atoms with E-state index in [0.29, 0.717) is 17.8 Å². The van der Waals surface area contributed by atoms with Crippen molar-refractivity contribution in [2.75, 3.05) is 21.1 Å². The molecule has 1 aromatic heterocycles. The maximum Gasteiger partial charge on any atom is 0.270 e. The maximum absolute atomic E-state index is 12.3. The van der Waals surface area contributed by atoms with E-state index in [0.717, 1.165) is 12.1 Å². The summed E-state index contributed by atoms with van der Waals surface area (Å²) < 4.78 is 0. The van der Waals surface area contributed by atoms with E-state index in [4.69, 9.17) is 5.26 Å². The first-order valence-corrected chi connectivity index (χ1v) is 7.06. The molecule has 1 N–H and O–H groups in total. The van der Waals surface area contributed by atoms with Crippen molar-refractivity contribution >= 4 is 5.91 Å². The van der Waals surface area contributed by atoms with Gasteiger partial charge in [-0.3, -0.25) is 4.79 Å². The van der Waals surface area contributed by atoms with Gasteiger partial charge in [-0.2, -0.15) is 5.26 Å². The topological polar surface area (TPSA) is 63.1 Å². The van der Waals surface area contributed by atoms with Gasteiger partial charge in [0.25, 0.3) is 5.91 Å². The Labute approximate surface area is 130 Å². The van der Waals surface area contributed by atoms with Crippen LogP contribution in [-0.2, 0) is 13.1 Å². The number of nitrogens with one attached hydrogen (secondary N) is 1. The third-order valence-corrected chi connectivity index (χ3v) is 3.33. The number of aromatic nitrogens is 1. The molecule has 1 aromatic carbocycles. The van der Waals surface area contributed by atoms with Crippen molar-refractivity contribution in [2.45, 2.75) is 13.1 Å². The van der Waals surface area contributed by atoms with E-state index in [9.17, 15) is 4.79 Å². The average molecular weight is 296 g/mol. The van der Waals surface area contributed by atoms with E-state index in [1.807, 2.05) is 32.3 Å². The molecule has 114 valence electrons. The van der Waals surface area contributed by atoms with Crippen LogP contribution in [0.3, 0.4) is 0 Å². The Morgan fingerprint density at radius 1 is 1.14 bits per heavy atom. The first-order chi connectivity index (χ1) is 10.5. The minimum atomic E-state index is -0.126. The Bertz CT molecular complexity index is 679. The summed E-state index contributed by atoms with van der Waals surface area (Å²) in [6, 6.07) is 11.8. The van der Waals surface area contributed by atoms with Crippen LogP contribution < -0.4 is 0 Å². The molecular formula is C17H20N4O. The number of aromatic amines is 1. The number of rotatable bonds is 5. The van der Waals surface area contributed by atoms with Gasteiger partial charge in [0.05, 0.1) is 5.56 Å². The molecule has 1 amide bonds. The standard InChI is InChI=1S/C17H20N4O/c1-20(2)11-13-4-6-14(7-5-13)12-21(3)17(22)16-8-15(9-18)10-19-16/h4-8,10,19H,11-12H2,1-3H3. The highest BCUT2D eigenvalue weighted by Gasteiger charge is 2.14. The fourth-order valence-corrected chi connectivity index (χ4v) is 2.25. The number of H-pyrrole nitrogens is 1. The summed E-state index contributed by atoms with van der Waals surface area (Å²) >= 11 is 0. The normalized spacial score (nSPS) is 10.5. The summed E-state index contributed by atoms with van der Waals surface area (Å²) in [5.41, 5.74) is 3.21. The zero-order chi connectivity index (χ0) is 16.1. The van der Waals surface area contributed by atoms with Crippen molar-refractivity contribution in [1.29, 1.82) is 5.26 Å². The van der Waals surface area contributed by atoms with E-state index in [1.54, 1.807) is 18.0 Å². The highest BCUT2D eigenvalue weighted by Crippen LogP contribution is 2.11. The average Bonchev–Trinajstić information content (AvgIpc) is 2.97. The van der Waals surface area contributed by atoms with Gasteiger partial charge >= 0.3 is 0 Å². The van der Waals surface area contributed by atoms with Crippen molar-refractivity contribution in [2.24, 2.45) is 0 Å². The Balaban J connectivity index is 2.00. The molecule has 0 bridgehead atoms. The minimum absolute atomic E-state index is 0.126. The highest BCUT2D eigenvalue weighted by molar-refractivity contribution is 5.92. The van der Waals surface area contributed by atoms with E-state index in [1.165, 1.54) is 11.8 Å². The number of benzene rings is 1. The monoisotopic (exact) mass is 296 g/mol. The fraction of sp³-hybridized carbons (Fsp3) is 0.294. The largest absolute Gasteiger partial charge is 0.356 e. The lowest BCUT2D eigenvalue weighted by atomic mass is 10.1. The number of hydrogen-bond acceptors (Lipinski definition) is 3. The first kappa shape index (κ1) is 15.8. The molecule has 0 fully saturated rings. The predicted octanol–water partition coefficient (Wildman–Crippen LogP) is 2.22. The second-order valence-electron chi connectivity index (χ2n) is 5.63. The van der Waals surface area contributed by atoms with Gasteiger partial charge in [0, 0.05) is 26.3 Å². The second kappa shape index (κ2) is 6.92. The molecule has 22 heavy (non-hydrogen) atoms. The summed E-state index contributed by atoms with van der Waals surface area (Å²) in [4.78, 5) is 18.9. The van der Waals surface area contributed by atoms with Crippen molar-refractivity contribution in [1.82, 2.24) is 14.8 Å². The lowest BCUT2D eigenvalue weighted by molar-refractivity contribution is 0.0780. The minimum Gasteiger partial charge on any atom is -0.356 e. The van der Waals surface area contributed by atoms with Crippen LogP contribution in [-0.4, -0.2) is 41.8 Å². The van der Waals surface area contributed by atoms with Gasteiger partial charge in [-0.15, -0.1) is 0 Å². The smallest absolute Gasteiger partial charge is 0.270 e. The lowest BCUT2D eigenvalue weighted by Crippen LogP contribution is -2.26. The van der Waals surface area contributed by atoms with E-state index in [-0.39, 0.29) is 5.91 Å². The first-order valence-electron chi connectivity index (χ1n) is 7.06. The molecular weight excluding hydrogens is 276 g/mol. The second-order valence-corrected chi connectivity index (χ2v) is 5.63. The zero-order valence-electron chi connectivity index (χ0n) is 13.1. The molecule has 0 spiro atoms. The maximum atomic E-state index is 12.3. The van der Waals surface area contributed by atoms with Crippen LogP contribution in [0, 0.1) is 11.3 Å². The fourth-order valence-electron chi connectivity index (χ4n) is 2.25. The van der Waals surface area contributed by atoms with Gasteiger partial charge < -0.3 is 14.8 Å². The van der Waals surface area contributed by atoms with Gasteiger partial charge in [0.2, 0.25) is 0 Å². The number of nitrogens with zero attached hydrogens (tertiary/aromatic N) is 3. The molecule has 2 aromatic rings. The van der Waals surface area contributed by atoms with Crippen LogP contribution in [0.25, 0.3) is 0 Å². The van der Waals surface area contributed by atoms with Crippen LogP contribution in [0.1, 0.15) is 27.2 Å². The van der Waals surface area contributed by atoms with E-state index < -0.39 is 0 Å². The summed E-state index contributed by atoms with van der Waals surface area (Å²) in [6.45, 7) is 1.43. The van der Waals surface area contributed by atoms with Crippen LogP contribution in [0.15, 0.2) is 36.5 Å². The van der Waals surface area contributed by atoms with Crippen LogP contribution >= 0.6 is 0 Å². The summed E-state index contributed by atoms with van der Waals surface area (Å²) in [5, 5.41) is 8.80. The molecule has 0 radical (unpaired) electrons. The molecule has 0 saturated carbocycles.